The van der Waals surface area contributed by atoms with Gasteiger partial charge in [0.2, 0.25) is 0 Å². The van der Waals surface area contributed by atoms with Crippen LogP contribution < -0.4 is 10.1 Å². The molecule has 0 saturated carbocycles. The largest absolute Gasteiger partial charge is 0.495 e. The lowest BCUT2D eigenvalue weighted by Gasteiger charge is -2.09. The number of rotatable bonds is 4. The van der Waals surface area contributed by atoms with E-state index in [0.717, 1.165) is 10.1 Å². The second-order valence-electron chi connectivity index (χ2n) is 5.08. The van der Waals surface area contributed by atoms with Gasteiger partial charge in [-0.3, -0.25) is 9.20 Å². The van der Waals surface area contributed by atoms with Crippen LogP contribution in [-0.4, -0.2) is 22.4 Å². The molecule has 124 valence electrons. The van der Waals surface area contributed by atoms with Crippen molar-refractivity contribution in [3.8, 4) is 11.8 Å². The molecule has 0 aliphatic rings. The Balaban J connectivity index is 1.93. The Morgan fingerprint density at radius 2 is 2.16 bits per heavy atom. The van der Waals surface area contributed by atoms with Crippen LogP contribution in [0.15, 0.2) is 58.8 Å². The molecule has 2 heterocycles. The van der Waals surface area contributed by atoms with Crippen LogP contribution in [0.4, 0.5) is 5.69 Å². The van der Waals surface area contributed by atoms with Crippen molar-refractivity contribution in [2.75, 3.05) is 12.4 Å². The summed E-state index contributed by atoms with van der Waals surface area (Å²) in [7, 11) is 1.52. The summed E-state index contributed by atoms with van der Waals surface area (Å²) >= 11 is 3.40. The predicted octanol–water partition coefficient (Wildman–Crippen LogP) is 3.65. The summed E-state index contributed by atoms with van der Waals surface area (Å²) in [5, 5.41) is 12.1. The molecular weight excluding hydrogens is 384 g/mol. The van der Waals surface area contributed by atoms with E-state index in [4.69, 9.17) is 4.74 Å². The Bertz CT molecular complexity index is 1020. The van der Waals surface area contributed by atoms with Gasteiger partial charge in [0.25, 0.3) is 5.91 Å². The fourth-order valence-corrected chi connectivity index (χ4v) is 2.65. The number of methoxy groups -OCH3 is 1. The topological polar surface area (TPSA) is 79.4 Å². The number of ether oxygens (including phenoxy) is 1. The predicted molar refractivity (Wildman–Crippen MR) is 98.1 cm³/mol. The monoisotopic (exact) mass is 396 g/mol. The van der Waals surface area contributed by atoms with Crippen LogP contribution in [-0.2, 0) is 4.79 Å². The number of fused-ring (bicyclic) bond motifs is 1. The van der Waals surface area contributed by atoms with Crippen molar-refractivity contribution in [1.29, 1.82) is 5.26 Å². The van der Waals surface area contributed by atoms with Gasteiger partial charge < -0.3 is 10.1 Å². The number of amides is 1. The molecule has 1 aromatic carbocycles. The van der Waals surface area contributed by atoms with Crippen molar-refractivity contribution in [2.45, 2.75) is 0 Å². The summed E-state index contributed by atoms with van der Waals surface area (Å²) in [5.41, 5.74) is 1.81. The number of nitriles is 1. The highest BCUT2D eigenvalue weighted by molar-refractivity contribution is 9.10. The number of benzene rings is 1. The van der Waals surface area contributed by atoms with E-state index in [1.807, 2.05) is 24.4 Å². The molecular formula is C18H13BrN4O2. The molecule has 0 radical (unpaired) electrons. The third-order valence-electron chi connectivity index (χ3n) is 3.51. The molecule has 25 heavy (non-hydrogen) atoms. The number of halogens is 1. The molecule has 6 nitrogen and oxygen atoms in total. The Morgan fingerprint density at radius 1 is 1.36 bits per heavy atom. The zero-order valence-electron chi connectivity index (χ0n) is 13.2. The van der Waals surface area contributed by atoms with Gasteiger partial charge in [0.15, 0.2) is 0 Å². The number of para-hydroxylation sites is 2. The molecule has 0 aliphatic carbocycles. The molecule has 0 unspecified atom stereocenters. The maximum Gasteiger partial charge on any atom is 0.266 e. The van der Waals surface area contributed by atoms with E-state index < -0.39 is 5.91 Å². The first-order chi connectivity index (χ1) is 12.1. The van der Waals surface area contributed by atoms with E-state index in [1.54, 1.807) is 34.9 Å². The average Bonchev–Trinajstić information content (AvgIpc) is 3.02. The zero-order valence-corrected chi connectivity index (χ0v) is 14.8. The van der Waals surface area contributed by atoms with Gasteiger partial charge in [0.05, 0.1) is 24.7 Å². The molecule has 0 saturated heterocycles. The van der Waals surface area contributed by atoms with Crippen LogP contribution in [0.5, 0.6) is 5.75 Å². The molecule has 3 aromatic rings. The van der Waals surface area contributed by atoms with Crippen molar-refractivity contribution in [1.82, 2.24) is 9.38 Å². The molecule has 3 rings (SSSR count). The van der Waals surface area contributed by atoms with E-state index in [1.165, 1.54) is 13.2 Å². The minimum absolute atomic E-state index is 0.0346. The quantitative estimate of drug-likeness (QED) is 0.539. The van der Waals surface area contributed by atoms with Crippen LogP contribution in [0.25, 0.3) is 11.7 Å². The number of carbonyl (C=O) groups is 1. The number of nitrogens with zero attached hydrogens (tertiary/aromatic N) is 3. The molecule has 0 fully saturated rings. The van der Waals surface area contributed by atoms with Crippen molar-refractivity contribution < 1.29 is 9.53 Å². The lowest BCUT2D eigenvalue weighted by atomic mass is 10.2. The standard InChI is InChI=1S/C18H13BrN4O2/c1-25-16-5-3-2-4-15(16)22-18(24)12(9-20)8-14-10-21-17-7-6-13(19)11-23(14)17/h2-8,10-11H,1H3,(H,22,24). The maximum atomic E-state index is 12.4. The molecule has 7 heteroatoms. The Kier molecular flexibility index (Phi) is 4.82. The Morgan fingerprint density at radius 3 is 2.92 bits per heavy atom. The number of nitrogens with one attached hydrogen (secondary N) is 1. The third kappa shape index (κ3) is 3.54. The van der Waals surface area contributed by atoms with Crippen LogP contribution in [0, 0.1) is 11.3 Å². The van der Waals surface area contributed by atoms with Gasteiger partial charge in [-0.25, -0.2) is 4.98 Å². The summed E-state index contributed by atoms with van der Waals surface area (Å²) < 4.78 is 7.85. The first kappa shape index (κ1) is 16.7. The summed E-state index contributed by atoms with van der Waals surface area (Å²) in [6.07, 6.45) is 4.92. The van der Waals surface area contributed by atoms with Crippen molar-refractivity contribution in [2.24, 2.45) is 0 Å². The van der Waals surface area contributed by atoms with E-state index >= 15 is 0 Å². The number of pyridine rings is 1. The minimum atomic E-state index is -0.517. The molecule has 1 N–H and O–H groups in total. The lowest BCUT2D eigenvalue weighted by Crippen LogP contribution is -2.14. The molecule has 2 aromatic heterocycles. The third-order valence-corrected chi connectivity index (χ3v) is 3.98. The van der Waals surface area contributed by atoms with E-state index in [9.17, 15) is 10.1 Å². The molecule has 0 spiro atoms. The van der Waals surface area contributed by atoms with Crippen molar-refractivity contribution in [3.05, 3.63) is 64.5 Å². The second kappa shape index (κ2) is 7.20. The molecule has 0 aliphatic heterocycles. The number of aromatic nitrogens is 2. The molecule has 0 bridgehead atoms. The maximum absolute atomic E-state index is 12.4. The first-order valence-corrected chi connectivity index (χ1v) is 8.10. The van der Waals surface area contributed by atoms with Gasteiger partial charge in [0, 0.05) is 10.7 Å². The zero-order chi connectivity index (χ0) is 17.8. The lowest BCUT2D eigenvalue weighted by molar-refractivity contribution is -0.112. The number of imidazole rings is 1. The molecule has 1 amide bonds. The van der Waals surface area contributed by atoms with E-state index in [0.29, 0.717) is 17.1 Å². The van der Waals surface area contributed by atoms with Crippen molar-refractivity contribution >= 4 is 39.2 Å². The highest BCUT2D eigenvalue weighted by Crippen LogP contribution is 2.24. The smallest absolute Gasteiger partial charge is 0.266 e. The summed E-state index contributed by atoms with van der Waals surface area (Å²) in [6.45, 7) is 0. The van der Waals surface area contributed by atoms with Crippen molar-refractivity contribution in [3.63, 3.8) is 0 Å². The van der Waals surface area contributed by atoms with Crippen LogP contribution >= 0.6 is 15.9 Å². The van der Waals surface area contributed by atoms with Crippen LogP contribution in [0.3, 0.4) is 0 Å². The number of anilines is 1. The number of carbonyl (C=O) groups excluding carboxylic acids is 1. The number of hydrogen-bond donors (Lipinski definition) is 1. The minimum Gasteiger partial charge on any atom is -0.495 e. The fourth-order valence-electron chi connectivity index (χ4n) is 2.31. The SMILES string of the molecule is COc1ccccc1NC(=O)C(C#N)=Cc1cnc2ccc(Br)cn12. The van der Waals surface area contributed by atoms with Gasteiger partial charge in [-0.15, -0.1) is 0 Å². The Hall–Kier alpha value is -3.11. The van der Waals surface area contributed by atoms with E-state index in [-0.39, 0.29) is 5.57 Å². The van der Waals surface area contributed by atoms with Gasteiger partial charge in [0.1, 0.15) is 23.0 Å². The normalized spacial score (nSPS) is 11.2. The van der Waals surface area contributed by atoms with E-state index in [2.05, 4.69) is 26.2 Å². The average molecular weight is 397 g/mol. The van der Waals surface area contributed by atoms with Crippen LogP contribution in [0.2, 0.25) is 0 Å². The van der Waals surface area contributed by atoms with Gasteiger partial charge >= 0.3 is 0 Å². The van der Waals surface area contributed by atoms with Gasteiger partial charge in [-0.05, 0) is 46.3 Å². The van der Waals surface area contributed by atoms with Crippen LogP contribution in [0.1, 0.15) is 5.69 Å². The summed E-state index contributed by atoms with van der Waals surface area (Å²) in [5.74, 6) is 0.00354. The highest BCUT2D eigenvalue weighted by Gasteiger charge is 2.13. The number of hydrogen-bond acceptors (Lipinski definition) is 4. The summed E-state index contributed by atoms with van der Waals surface area (Å²) in [6, 6.07) is 12.6. The summed E-state index contributed by atoms with van der Waals surface area (Å²) in [4.78, 5) is 16.7. The second-order valence-corrected chi connectivity index (χ2v) is 6.00. The van der Waals surface area contributed by atoms with Gasteiger partial charge in [-0.2, -0.15) is 5.26 Å². The highest BCUT2D eigenvalue weighted by atomic mass is 79.9. The Labute approximate surface area is 152 Å². The van der Waals surface area contributed by atoms with Gasteiger partial charge in [-0.1, -0.05) is 12.1 Å². The fraction of sp³-hybridized carbons (Fsp3) is 0.0556. The first-order valence-electron chi connectivity index (χ1n) is 7.31. The molecule has 0 atom stereocenters.